The molecule has 1 aromatic rings. The summed E-state index contributed by atoms with van der Waals surface area (Å²) in [5.74, 6) is -0.187. The topological polar surface area (TPSA) is 85.4 Å². The lowest BCUT2D eigenvalue weighted by Crippen LogP contribution is -2.50. The minimum Gasteiger partial charge on any atom is -0.383 e. The Balaban J connectivity index is 1.64. The van der Waals surface area contributed by atoms with Crippen LogP contribution in [0.5, 0.6) is 0 Å². The number of rotatable bonds is 7. The van der Waals surface area contributed by atoms with E-state index in [-0.39, 0.29) is 17.5 Å². The van der Waals surface area contributed by atoms with Gasteiger partial charge >= 0.3 is 0 Å². The fourth-order valence-corrected chi connectivity index (χ4v) is 4.27. The van der Waals surface area contributed by atoms with Gasteiger partial charge in [-0.3, -0.25) is 9.69 Å². The van der Waals surface area contributed by atoms with E-state index in [4.69, 9.17) is 5.73 Å². The maximum atomic E-state index is 12.8. The number of amides is 1. The number of hydrogen-bond donors (Lipinski definition) is 2. The Morgan fingerprint density at radius 3 is 2.62 bits per heavy atom. The molecular weight excluding hydrogens is 362 g/mol. The summed E-state index contributed by atoms with van der Waals surface area (Å²) in [7, 11) is 0. The summed E-state index contributed by atoms with van der Waals surface area (Å²) in [5.41, 5.74) is 9.92. The van der Waals surface area contributed by atoms with Crippen molar-refractivity contribution in [1.82, 2.24) is 15.1 Å². The zero-order valence-electron chi connectivity index (χ0n) is 17.5. The average Bonchev–Trinajstić information content (AvgIpc) is 2.77. The second-order valence-electron chi connectivity index (χ2n) is 7.96. The molecule has 1 saturated heterocycles. The van der Waals surface area contributed by atoms with Crippen molar-refractivity contribution in [2.45, 2.75) is 45.1 Å². The number of nitriles is 1. The zero-order chi connectivity index (χ0) is 20.6. The maximum absolute atomic E-state index is 12.8. The number of nitrogens with two attached hydrogens (primary N) is 1. The summed E-state index contributed by atoms with van der Waals surface area (Å²) in [6, 6.07) is 8.92. The molecule has 1 aliphatic carbocycles. The van der Waals surface area contributed by atoms with Gasteiger partial charge in [0, 0.05) is 45.5 Å². The molecule has 6 nitrogen and oxygen atoms in total. The molecule has 0 saturated carbocycles. The number of carbonyl (C=O) groups is 1. The minimum absolute atomic E-state index is 0.0970. The van der Waals surface area contributed by atoms with Gasteiger partial charge in [0.25, 0.3) is 5.91 Å². The molecule has 1 atom stereocenters. The first-order valence-electron chi connectivity index (χ1n) is 10.9. The highest BCUT2D eigenvalue weighted by Gasteiger charge is 2.23. The van der Waals surface area contributed by atoms with Crippen LogP contribution in [0.15, 0.2) is 30.0 Å². The largest absolute Gasteiger partial charge is 0.383 e. The summed E-state index contributed by atoms with van der Waals surface area (Å²) in [6.45, 7) is 6.49. The van der Waals surface area contributed by atoms with Crippen molar-refractivity contribution in [3.63, 3.8) is 0 Å². The molecule has 1 fully saturated rings. The summed E-state index contributed by atoms with van der Waals surface area (Å²) in [6.07, 6.45) is 7.35. The zero-order valence-corrected chi connectivity index (χ0v) is 17.5. The van der Waals surface area contributed by atoms with Crippen molar-refractivity contribution < 1.29 is 4.79 Å². The van der Waals surface area contributed by atoms with Crippen LogP contribution >= 0.6 is 0 Å². The second-order valence-corrected chi connectivity index (χ2v) is 7.96. The molecule has 156 valence electrons. The van der Waals surface area contributed by atoms with Crippen LogP contribution in [0.4, 0.5) is 0 Å². The van der Waals surface area contributed by atoms with Crippen molar-refractivity contribution in [1.29, 1.82) is 5.26 Å². The fraction of sp³-hybridized carbons (Fsp3) is 0.565. The van der Waals surface area contributed by atoms with E-state index in [2.05, 4.69) is 41.4 Å². The van der Waals surface area contributed by atoms with Gasteiger partial charge in [-0.05, 0) is 48.8 Å². The Morgan fingerprint density at radius 2 is 1.97 bits per heavy atom. The van der Waals surface area contributed by atoms with Crippen molar-refractivity contribution >= 4 is 5.91 Å². The molecule has 3 N–H and O–H groups in total. The Kier molecular flexibility index (Phi) is 7.68. The molecule has 29 heavy (non-hydrogen) atoms. The van der Waals surface area contributed by atoms with Gasteiger partial charge in [-0.25, -0.2) is 0 Å². The van der Waals surface area contributed by atoms with E-state index >= 15 is 0 Å². The van der Waals surface area contributed by atoms with Gasteiger partial charge in [-0.2, -0.15) is 5.26 Å². The third-order valence-corrected chi connectivity index (χ3v) is 6.07. The van der Waals surface area contributed by atoms with Crippen molar-refractivity contribution in [2.75, 3.05) is 39.3 Å². The summed E-state index contributed by atoms with van der Waals surface area (Å²) in [4.78, 5) is 16.8. The standard InChI is InChI=1S/C23H33N5O/c1-2-22(20-8-7-18-5-3-4-6-19(18)15-20)26-17-21(16-25)23(29)28-13-11-27(10-9-24)12-14-28/h7-8,15,17,22,26H,2-6,9-14,24H2,1H3/b21-17-. The van der Waals surface area contributed by atoms with Crippen molar-refractivity contribution in [3.05, 3.63) is 46.7 Å². The molecule has 1 aromatic carbocycles. The molecule has 6 heteroatoms. The van der Waals surface area contributed by atoms with Crippen LogP contribution in [-0.2, 0) is 17.6 Å². The lowest BCUT2D eigenvalue weighted by Gasteiger charge is -2.34. The highest BCUT2D eigenvalue weighted by atomic mass is 16.2. The summed E-state index contributed by atoms with van der Waals surface area (Å²) >= 11 is 0. The molecule has 0 spiro atoms. The Labute approximate surface area is 174 Å². The van der Waals surface area contributed by atoms with Gasteiger partial charge in [0.2, 0.25) is 0 Å². The van der Waals surface area contributed by atoms with Crippen LogP contribution in [0.3, 0.4) is 0 Å². The van der Waals surface area contributed by atoms with Crippen LogP contribution in [0.2, 0.25) is 0 Å². The Bertz CT molecular complexity index is 774. The fourth-order valence-electron chi connectivity index (χ4n) is 4.27. The van der Waals surface area contributed by atoms with Crippen molar-refractivity contribution in [2.24, 2.45) is 5.73 Å². The quantitative estimate of drug-likeness (QED) is 0.546. The molecule has 1 unspecified atom stereocenters. The van der Waals surface area contributed by atoms with Crippen molar-refractivity contribution in [3.8, 4) is 6.07 Å². The second kappa shape index (κ2) is 10.4. The van der Waals surface area contributed by atoms with Gasteiger partial charge < -0.3 is 16.0 Å². The molecular formula is C23H33N5O. The van der Waals surface area contributed by atoms with Crippen LogP contribution < -0.4 is 11.1 Å². The number of benzene rings is 1. The number of piperazine rings is 1. The first-order valence-corrected chi connectivity index (χ1v) is 10.9. The Hall–Kier alpha value is -2.36. The van der Waals surface area contributed by atoms with Gasteiger partial charge in [0.05, 0.1) is 6.04 Å². The minimum atomic E-state index is -0.187. The smallest absolute Gasteiger partial charge is 0.266 e. The van der Waals surface area contributed by atoms with E-state index in [1.807, 2.05) is 0 Å². The molecule has 2 aliphatic rings. The molecule has 0 aromatic heterocycles. The van der Waals surface area contributed by atoms with E-state index in [0.717, 1.165) is 32.5 Å². The van der Waals surface area contributed by atoms with E-state index < -0.39 is 0 Å². The molecule has 1 heterocycles. The first-order chi connectivity index (χ1) is 14.2. The monoisotopic (exact) mass is 395 g/mol. The highest BCUT2D eigenvalue weighted by Crippen LogP contribution is 2.26. The number of carbonyl (C=O) groups excluding carboxylic acids is 1. The number of aryl methyl sites for hydroxylation is 2. The third-order valence-electron chi connectivity index (χ3n) is 6.07. The molecule has 1 amide bonds. The Morgan fingerprint density at radius 1 is 1.24 bits per heavy atom. The van der Waals surface area contributed by atoms with Crippen LogP contribution in [-0.4, -0.2) is 55.0 Å². The third kappa shape index (κ3) is 5.37. The maximum Gasteiger partial charge on any atom is 0.266 e. The van der Waals surface area contributed by atoms with Gasteiger partial charge in [0.1, 0.15) is 11.6 Å². The molecule has 0 bridgehead atoms. The number of hydrogen-bond acceptors (Lipinski definition) is 5. The summed E-state index contributed by atoms with van der Waals surface area (Å²) in [5, 5.41) is 12.9. The summed E-state index contributed by atoms with van der Waals surface area (Å²) < 4.78 is 0. The van der Waals surface area contributed by atoms with Crippen LogP contribution in [0, 0.1) is 11.3 Å². The number of nitrogens with zero attached hydrogens (tertiary/aromatic N) is 3. The molecule has 3 rings (SSSR count). The normalized spacial score (nSPS) is 18.7. The van der Waals surface area contributed by atoms with Crippen LogP contribution in [0.25, 0.3) is 0 Å². The number of nitrogens with one attached hydrogen (secondary N) is 1. The lowest BCUT2D eigenvalue weighted by atomic mass is 9.89. The number of fused-ring (bicyclic) bond motifs is 1. The van der Waals surface area contributed by atoms with Gasteiger partial charge in [-0.1, -0.05) is 25.1 Å². The van der Waals surface area contributed by atoms with E-state index in [1.54, 1.807) is 11.1 Å². The SMILES string of the molecule is CCC(N/C=C(/C#N)C(=O)N1CCN(CCN)CC1)c1ccc2c(c1)CCCC2. The van der Waals surface area contributed by atoms with Gasteiger partial charge in [0.15, 0.2) is 0 Å². The van der Waals surface area contributed by atoms with Gasteiger partial charge in [-0.15, -0.1) is 0 Å². The predicted molar refractivity (Wildman–Crippen MR) is 115 cm³/mol. The lowest BCUT2D eigenvalue weighted by molar-refractivity contribution is -0.128. The molecule has 1 aliphatic heterocycles. The highest BCUT2D eigenvalue weighted by molar-refractivity contribution is 5.97. The average molecular weight is 396 g/mol. The molecule has 0 radical (unpaired) electrons. The van der Waals surface area contributed by atoms with Crippen LogP contribution in [0.1, 0.15) is 48.9 Å². The van der Waals surface area contributed by atoms with E-state index in [0.29, 0.717) is 19.6 Å². The predicted octanol–water partition coefficient (Wildman–Crippen LogP) is 2.12. The first kappa shape index (κ1) is 21.4. The van der Waals surface area contributed by atoms with E-state index in [9.17, 15) is 10.1 Å². The van der Waals surface area contributed by atoms with E-state index in [1.165, 1.54) is 36.0 Å².